The third kappa shape index (κ3) is 2.96. The summed E-state index contributed by atoms with van der Waals surface area (Å²) in [6, 6.07) is 14.0. The van der Waals surface area contributed by atoms with Crippen LogP contribution in [0.2, 0.25) is 5.02 Å². The van der Waals surface area contributed by atoms with Crippen LogP contribution < -0.4 is 10.6 Å². The molecule has 0 saturated carbocycles. The topological polar surface area (TPSA) is 29.3 Å². The highest BCUT2D eigenvalue weighted by atomic mass is 35.5. The number of nitrogens with two attached hydrogens (primary N) is 1. The number of nitrogen functional groups attached to an aromatic ring is 1. The molecule has 0 aliphatic carbocycles. The first-order chi connectivity index (χ1) is 8.56. The molecule has 0 bridgehead atoms. The summed E-state index contributed by atoms with van der Waals surface area (Å²) in [4.78, 5) is 2.14. The van der Waals surface area contributed by atoms with Crippen LogP contribution in [0, 0.1) is 6.92 Å². The summed E-state index contributed by atoms with van der Waals surface area (Å²) in [6.45, 7) is 2.88. The number of rotatable bonds is 3. The monoisotopic (exact) mass is 260 g/mol. The Morgan fingerprint density at radius 1 is 1.11 bits per heavy atom. The number of anilines is 2. The smallest absolute Gasteiger partial charge is 0.0603 e. The Morgan fingerprint density at radius 3 is 2.44 bits per heavy atom. The van der Waals surface area contributed by atoms with Crippen LogP contribution in [0.15, 0.2) is 42.5 Å². The van der Waals surface area contributed by atoms with Crippen LogP contribution in [0.4, 0.5) is 11.4 Å². The van der Waals surface area contributed by atoms with Crippen molar-refractivity contribution in [2.75, 3.05) is 17.7 Å². The van der Waals surface area contributed by atoms with Crippen molar-refractivity contribution in [1.82, 2.24) is 0 Å². The minimum Gasteiger partial charge on any atom is -0.397 e. The highest BCUT2D eigenvalue weighted by Crippen LogP contribution is 2.25. The van der Waals surface area contributed by atoms with Gasteiger partial charge in [0.1, 0.15) is 0 Å². The molecule has 2 N–H and O–H groups in total. The Hall–Kier alpha value is -1.67. The van der Waals surface area contributed by atoms with Gasteiger partial charge in [0.25, 0.3) is 0 Å². The number of halogens is 1. The molecule has 2 aromatic rings. The van der Waals surface area contributed by atoms with Crippen LogP contribution in [-0.4, -0.2) is 7.05 Å². The van der Waals surface area contributed by atoms with Crippen molar-refractivity contribution in [3.8, 4) is 0 Å². The number of aryl methyl sites for hydroxylation is 1. The lowest BCUT2D eigenvalue weighted by Crippen LogP contribution is -2.17. The van der Waals surface area contributed by atoms with E-state index < -0.39 is 0 Å². The van der Waals surface area contributed by atoms with Crippen molar-refractivity contribution in [2.45, 2.75) is 13.5 Å². The summed E-state index contributed by atoms with van der Waals surface area (Å²) >= 11 is 5.88. The van der Waals surface area contributed by atoms with E-state index in [9.17, 15) is 0 Å². The molecule has 0 fully saturated rings. The first-order valence-corrected chi connectivity index (χ1v) is 6.26. The molecule has 0 heterocycles. The van der Waals surface area contributed by atoms with Crippen molar-refractivity contribution < 1.29 is 0 Å². The fourth-order valence-electron chi connectivity index (χ4n) is 1.93. The van der Waals surface area contributed by atoms with Gasteiger partial charge in [0.05, 0.1) is 11.4 Å². The predicted octanol–water partition coefficient (Wildman–Crippen LogP) is 3.87. The SMILES string of the molecule is Cc1ccc(N)c(N(C)Cc2ccc(Cl)cc2)c1. The molecule has 3 heteroatoms. The number of hydrogen-bond acceptors (Lipinski definition) is 2. The van der Waals surface area contributed by atoms with Crippen LogP contribution in [0.3, 0.4) is 0 Å². The largest absolute Gasteiger partial charge is 0.397 e. The van der Waals surface area contributed by atoms with Crippen LogP contribution in [0.25, 0.3) is 0 Å². The van der Waals surface area contributed by atoms with Crippen molar-refractivity contribution >= 4 is 23.0 Å². The lowest BCUT2D eigenvalue weighted by molar-refractivity contribution is 0.924. The maximum atomic E-state index is 6.01. The number of hydrogen-bond donors (Lipinski definition) is 1. The second-order valence-electron chi connectivity index (χ2n) is 4.54. The van der Waals surface area contributed by atoms with Crippen LogP contribution in [-0.2, 0) is 6.54 Å². The minimum atomic E-state index is 0.761. The average molecular weight is 261 g/mol. The molecule has 94 valence electrons. The van der Waals surface area contributed by atoms with E-state index in [0.29, 0.717) is 0 Å². The molecule has 2 nitrogen and oxygen atoms in total. The van der Waals surface area contributed by atoms with E-state index in [1.807, 2.05) is 43.4 Å². The van der Waals surface area contributed by atoms with Crippen LogP contribution in [0.5, 0.6) is 0 Å². The van der Waals surface area contributed by atoms with Gasteiger partial charge < -0.3 is 10.6 Å². The number of nitrogens with zero attached hydrogens (tertiary/aromatic N) is 1. The molecule has 2 aromatic carbocycles. The highest BCUT2D eigenvalue weighted by Gasteiger charge is 2.06. The molecular weight excluding hydrogens is 244 g/mol. The van der Waals surface area contributed by atoms with Gasteiger partial charge in [-0.3, -0.25) is 0 Å². The Kier molecular flexibility index (Phi) is 3.78. The van der Waals surface area contributed by atoms with E-state index >= 15 is 0 Å². The van der Waals surface area contributed by atoms with Gasteiger partial charge in [-0.15, -0.1) is 0 Å². The van der Waals surface area contributed by atoms with Crippen molar-refractivity contribution in [3.05, 3.63) is 58.6 Å². The normalized spacial score (nSPS) is 10.4. The zero-order chi connectivity index (χ0) is 13.1. The van der Waals surface area contributed by atoms with E-state index in [4.69, 9.17) is 17.3 Å². The summed E-state index contributed by atoms with van der Waals surface area (Å²) in [6.07, 6.45) is 0. The quantitative estimate of drug-likeness (QED) is 0.849. The Balaban J connectivity index is 2.18. The molecule has 0 unspecified atom stereocenters. The summed E-state index contributed by atoms with van der Waals surface area (Å²) < 4.78 is 0. The second kappa shape index (κ2) is 5.32. The molecule has 2 rings (SSSR count). The molecule has 0 saturated heterocycles. The maximum Gasteiger partial charge on any atom is 0.0603 e. The van der Waals surface area contributed by atoms with Gasteiger partial charge in [0.15, 0.2) is 0 Å². The molecule has 0 radical (unpaired) electrons. The van der Waals surface area contributed by atoms with Gasteiger partial charge >= 0.3 is 0 Å². The van der Waals surface area contributed by atoms with Crippen LogP contribution in [0.1, 0.15) is 11.1 Å². The highest BCUT2D eigenvalue weighted by molar-refractivity contribution is 6.30. The van der Waals surface area contributed by atoms with Gasteiger partial charge in [0, 0.05) is 18.6 Å². The Bertz CT molecular complexity index is 535. The van der Waals surface area contributed by atoms with Gasteiger partial charge in [-0.05, 0) is 42.3 Å². The molecular formula is C15H17ClN2. The Labute approximate surface area is 113 Å². The molecule has 0 atom stereocenters. The molecule has 18 heavy (non-hydrogen) atoms. The second-order valence-corrected chi connectivity index (χ2v) is 4.98. The summed E-state index contributed by atoms with van der Waals surface area (Å²) in [7, 11) is 2.04. The van der Waals surface area contributed by atoms with Gasteiger partial charge in [-0.1, -0.05) is 29.8 Å². The lowest BCUT2D eigenvalue weighted by atomic mass is 10.1. The third-order valence-corrected chi connectivity index (χ3v) is 3.18. The first-order valence-electron chi connectivity index (χ1n) is 5.88. The van der Waals surface area contributed by atoms with E-state index in [1.54, 1.807) is 0 Å². The van der Waals surface area contributed by atoms with Crippen molar-refractivity contribution in [3.63, 3.8) is 0 Å². The standard InChI is InChI=1S/C15H17ClN2/c1-11-3-8-14(17)15(9-11)18(2)10-12-4-6-13(16)7-5-12/h3-9H,10,17H2,1-2H3. The fraction of sp³-hybridized carbons (Fsp3) is 0.200. The van der Waals surface area contributed by atoms with E-state index in [-0.39, 0.29) is 0 Å². The number of benzene rings is 2. The zero-order valence-electron chi connectivity index (χ0n) is 10.7. The molecule has 0 amide bonds. The van der Waals surface area contributed by atoms with Crippen molar-refractivity contribution in [2.24, 2.45) is 0 Å². The van der Waals surface area contributed by atoms with Gasteiger partial charge in [-0.2, -0.15) is 0 Å². The first kappa shape index (κ1) is 12.8. The summed E-state index contributed by atoms with van der Waals surface area (Å²) in [5.74, 6) is 0. The minimum absolute atomic E-state index is 0.761. The average Bonchev–Trinajstić information content (AvgIpc) is 2.35. The fourth-order valence-corrected chi connectivity index (χ4v) is 2.06. The zero-order valence-corrected chi connectivity index (χ0v) is 11.4. The third-order valence-electron chi connectivity index (χ3n) is 2.93. The maximum absolute atomic E-state index is 6.01. The summed E-state index contributed by atoms with van der Waals surface area (Å²) in [5, 5.41) is 0.761. The van der Waals surface area contributed by atoms with Crippen molar-refractivity contribution in [1.29, 1.82) is 0 Å². The van der Waals surface area contributed by atoms with E-state index in [1.165, 1.54) is 11.1 Å². The van der Waals surface area contributed by atoms with Crippen LogP contribution >= 0.6 is 11.6 Å². The lowest BCUT2D eigenvalue weighted by Gasteiger charge is -2.21. The van der Waals surface area contributed by atoms with E-state index in [2.05, 4.69) is 17.9 Å². The van der Waals surface area contributed by atoms with Gasteiger partial charge in [-0.25, -0.2) is 0 Å². The molecule has 0 aliphatic rings. The molecule has 0 aromatic heterocycles. The molecule has 0 spiro atoms. The predicted molar refractivity (Wildman–Crippen MR) is 79.2 cm³/mol. The van der Waals surface area contributed by atoms with Gasteiger partial charge in [0.2, 0.25) is 0 Å². The summed E-state index contributed by atoms with van der Waals surface area (Å²) in [5.41, 5.74) is 10.3. The molecule has 0 aliphatic heterocycles. The Morgan fingerprint density at radius 2 is 1.78 bits per heavy atom. The van der Waals surface area contributed by atoms with E-state index in [0.717, 1.165) is 22.9 Å².